The Morgan fingerprint density at radius 3 is 2.67 bits per heavy atom. The molecular formula is C14H19NO3. The van der Waals surface area contributed by atoms with Gasteiger partial charge in [-0.3, -0.25) is 4.79 Å². The molecule has 1 rings (SSSR count). The SMILES string of the molecule is C=CCOc1ccc(C(=O)N(C)CCCO)cc1. The van der Waals surface area contributed by atoms with Crippen molar-refractivity contribution in [2.45, 2.75) is 6.42 Å². The van der Waals surface area contributed by atoms with Gasteiger partial charge in [0.2, 0.25) is 0 Å². The lowest BCUT2D eigenvalue weighted by molar-refractivity contribution is 0.0786. The average molecular weight is 249 g/mol. The lowest BCUT2D eigenvalue weighted by Crippen LogP contribution is -2.28. The molecular weight excluding hydrogens is 230 g/mol. The predicted octanol–water partition coefficient (Wildman–Crippen LogP) is 1.71. The van der Waals surface area contributed by atoms with Gasteiger partial charge in [-0.2, -0.15) is 0 Å². The highest BCUT2D eigenvalue weighted by Gasteiger charge is 2.10. The van der Waals surface area contributed by atoms with Gasteiger partial charge in [0.15, 0.2) is 0 Å². The minimum absolute atomic E-state index is 0.0567. The van der Waals surface area contributed by atoms with Gasteiger partial charge in [-0.15, -0.1) is 0 Å². The summed E-state index contributed by atoms with van der Waals surface area (Å²) in [6, 6.07) is 6.99. The van der Waals surface area contributed by atoms with E-state index in [9.17, 15) is 4.79 Å². The highest BCUT2D eigenvalue weighted by atomic mass is 16.5. The van der Waals surface area contributed by atoms with Crippen LogP contribution < -0.4 is 4.74 Å². The number of nitrogens with zero attached hydrogens (tertiary/aromatic N) is 1. The second kappa shape index (κ2) is 7.50. The van der Waals surface area contributed by atoms with Crippen molar-refractivity contribution in [3.8, 4) is 5.75 Å². The molecule has 0 atom stereocenters. The van der Waals surface area contributed by atoms with Crippen molar-refractivity contribution < 1.29 is 14.6 Å². The number of hydrogen-bond acceptors (Lipinski definition) is 3. The molecule has 4 nitrogen and oxygen atoms in total. The third-order valence-electron chi connectivity index (χ3n) is 2.47. The lowest BCUT2D eigenvalue weighted by atomic mass is 10.2. The molecule has 0 aliphatic heterocycles. The Kier molecular flexibility index (Phi) is 5.94. The number of amides is 1. The van der Waals surface area contributed by atoms with E-state index in [2.05, 4.69) is 6.58 Å². The zero-order valence-electron chi connectivity index (χ0n) is 10.6. The molecule has 4 heteroatoms. The van der Waals surface area contributed by atoms with Crippen molar-refractivity contribution in [3.05, 3.63) is 42.5 Å². The van der Waals surface area contributed by atoms with Crippen molar-refractivity contribution in [1.29, 1.82) is 0 Å². The van der Waals surface area contributed by atoms with Gasteiger partial charge in [0.05, 0.1) is 0 Å². The first-order valence-corrected chi connectivity index (χ1v) is 5.89. The van der Waals surface area contributed by atoms with Crippen LogP contribution in [-0.4, -0.2) is 42.7 Å². The van der Waals surface area contributed by atoms with Crippen LogP contribution in [0.1, 0.15) is 16.8 Å². The molecule has 98 valence electrons. The molecule has 1 amide bonds. The molecule has 0 fully saturated rings. The van der Waals surface area contributed by atoms with Crippen LogP contribution in [0.5, 0.6) is 5.75 Å². The van der Waals surface area contributed by atoms with Gasteiger partial charge < -0.3 is 14.7 Å². The predicted molar refractivity (Wildman–Crippen MR) is 70.8 cm³/mol. The third-order valence-corrected chi connectivity index (χ3v) is 2.47. The third kappa shape index (κ3) is 4.22. The van der Waals surface area contributed by atoms with Crippen LogP contribution in [0.25, 0.3) is 0 Å². The number of ether oxygens (including phenoxy) is 1. The topological polar surface area (TPSA) is 49.8 Å². The standard InChI is InChI=1S/C14H19NO3/c1-3-11-18-13-7-5-12(6-8-13)14(17)15(2)9-4-10-16/h3,5-8,16H,1,4,9-11H2,2H3. The molecule has 1 N–H and O–H groups in total. The summed E-state index contributed by atoms with van der Waals surface area (Å²) >= 11 is 0. The first kappa shape index (κ1) is 14.3. The van der Waals surface area contributed by atoms with E-state index in [4.69, 9.17) is 9.84 Å². The average Bonchev–Trinajstić information content (AvgIpc) is 2.42. The number of rotatable bonds is 7. The fourth-order valence-electron chi connectivity index (χ4n) is 1.48. The molecule has 0 unspecified atom stereocenters. The Labute approximate surface area is 107 Å². The van der Waals surface area contributed by atoms with E-state index in [0.29, 0.717) is 30.9 Å². The zero-order valence-corrected chi connectivity index (χ0v) is 10.6. The molecule has 0 aliphatic carbocycles. The highest BCUT2D eigenvalue weighted by Crippen LogP contribution is 2.13. The summed E-state index contributed by atoms with van der Waals surface area (Å²) in [5.41, 5.74) is 0.612. The Morgan fingerprint density at radius 1 is 1.44 bits per heavy atom. The molecule has 0 saturated heterocycles. The number of benzene rings is 1. The molecule has 18 heavy (non-hydrogen) atoms. The zero-order chi connectivity index (χ0) is 13.4. The number of carbonyl (C=O) groups is 1. The second-order valence-corrected chi connectivity index (χ2v) is 3.93. The van der Waals surface area contributed by atoms with Gasteiger partial charge in [-0.1, -0.05) is 12.7 Å². The lowest BCUT2D eigenvalue weighted by Gasteiger charge is -2.16. The smallest absolute Gasteiger partial charge is 0.253 e. The van der Waals surface area contributed by atoms with Crippen molar-refractivity contribution in [1.82, 2.24) is 4.90 Å². The van der Waals surface area contributed by atoms with E-state index in [0.717, 1.165) is 0 Å². The molecule has 1 aromatic rings. The molecule has 0 aliphatic rings. The van der Waals surface area contributed by atoms with E-state index in [1.165, 1.54) is 0 Å². The molecule has 1 aromatic carbocycles. The van der Waals surface area contributed by atoms with Crippen molar-refractivity contribution >= 4 is 5.91 Å². The molecule has 0 radical (unpaired) electrons. The second-order valence-electron chi connectivity index (χ2n) is 3.93. The van der Waals surface area contributed by atoms with E-state index in [1.54, 1.807) is 42.3 Å². The fraction of sp³-hybridized carbons (Fsp3) is 0.357. The summed E-state index contributed by atoms with van der Waals surface area (Å²) < 4.78 is 5.34. The minimum Gasteiger partial charge on any atom is -0.490 e. The molecule has 0 heterocycles. The maximum atomic E-state index is 12.0. The van der Waals surface area contributed by atoms with E-state index < -0.39 is 0 Å². The van der Waals surface area contributed by atoms with Crippen LogP contribution in [0, 0.1) is 0 Å². The van der Waals surface area contributed by atoms with E-state index >= 15 is 0 Å². The van der Waals surface area contributed by atoms with Crippen LogP contribution in [0.4, 0.5) is 0 Å². The normalized spacial score (nSPS) is 9.89. The van der Waals surface area contributed by atoms with Gasteiger partial charge in [-0.05, 0) is 30.7 Å². The Balaban J connectivity index is 2.60. The van der Waals surface area contributed by atoms with Gasteiger partial charge >= 0.3 is 0 Å². The number of aliphatic hydroxyl groups is 1. The molecule has 0 spiro atoms. The summed E-state index contributed by atoms with van der Waals surface area (Å²) in [4.78, 5) is 13.6. The van der Waals surface area contributed by atoms with Gasteiger partial charge in [0.25, 0.3) is 5.91 Å². The van der Waals surface area contributed by atoms with E-state index in [-0.39, 0.29) is 12.5 Å². The summed E-state index contributed by atoms with van der Waals surface area (Å²) in [6.45, 7) is 4.65. The molecule has 0 aromatic heterocycles. The van der Waals surface area contributed by atoms with Crippen LogP contribution in [-0.2, 0) is 0 Å². The summed E-state index contributed by atoms with van der Waals surface area (Å²) in [6.07, 6.45) is 2.25. The first-order chi connectivity index (χ1) is 8.69. The maximum absolute atomic E-state index is 12.0. The van der Waals surface area contributed by atoms with Crippen LogP contribution in [0.3, 0.4) is 0 Å². The van der Waals surface area contributed by atoms with Crippen molar-refractivity contribution in [3.63, 3.8) is 0 Å². The van der Waals surface area contributed by atoms with Gasteiger partial charge in [-0.25, -0.2) is 0 Å². The summed E-state index contributed by atoms with van der Waals surface area (Å²) in [7, 11) is 1.72. The molecule has 0 bridgehead atoms. The minimum atomic E-state index is -0.0567. The summed E-state index contributed by atoms with van der Waals surface area (Å²) in [5.74, 6) is 0.656. The quantitative estimate of drug-likeness (QED) is 0.748. The monoisotopic (exact) mass is 249 g/mol. The summed E-state index contributed by atoms with van der Waals surface area (Å²) in [5, 5.41) is 8.72. The van der Waals surface area contributed by atoms with Crippen LogP contribution in [0.2, 0.25) is 0 Å². The molecule has 0 saturated carbocycles. The van der Waals surface area contributed by atoms with Crippen molar-refractivity contribution in [2.24, 2.45) is 0 Å². The number of carbonyl (C=O) groups excluding carboxylic acids is 1. The fourth-order valence-corrected chi connectivity index (χ4v) is 1.48. The van der Waals surface area contributed by atoms with Crippen LogP contribution >= 0.6 is 0 Å². The van der Waals surface area contributed by atoms with Crippen molar-refractivity contribution in [2.75, 3.05) is 26.8 Å². The Bertz CT molecular complexity index is 387. The van der Waals surface area contributed by atoms with Gasteiger partial charge in [0, 0.05) is 25.8 Å². The van der Waals surface area contributed by atoms with Gasteiger partial charge in [0.1, 0.15) is 12.4 Å². The highest BCUT2D eigenvalue weighted by molar-refractivity contribution is 5.94. The largest absolute Gasteiger partial charge is 0.490 e. The first-order valence-electron chi connectivity index (χ1n) is 5.89. The Morgan fingerprint density at radius 2 is 2.11 bits per heavy atom. The van der Waals surface area contributed by atoms with Crippen LogP contribution in [0.15, 0.2) is 36.9 Å². The number of aliphatic hydroxyl groups excluding tert-OH is 1. The Hall–Kier alpha value is -1.81. The number of hydrogen-bond donors (Lipinski definition) is 1. The van der Waals surface area contributed by atoms with E-state index in [1.807, 2.05) is 0 Å². The maximum Gasteiger partial charge on any atom is 0.253 e.